The van der Waals surface area contributed by atoms with Crippen LogP contribution in [0.4, 0.5) is 0 Å². The van der Waals surface area contributed by atoms with Crippen molar-refractivity contribution in [2.24, 2.45) is 0 Å². The number of rotatable bonds is 5. The van der Waals surface area contributed by atoms with Crippen molar-refractivity contribution in [2.45, 2.75) is 22.1 Å². The van der Waals surface area contributed by atoms with Crippen LogP contribution in [0.2, 0.25) is 5.02 Å². The fraction of sp³-hybridized carbons (Fsp3) is 0.0909. The average molecular weight is 422 g/mol. The minimum Gasteiger partial charge on any atom is -0.341 e. The van der Waals surface area contributed by atoms with Gasteiger partial charge in [-0.2, -0.15) is 5.26 Å². The molecule has 0 spiro atoms. The fourth-order valence-electron chi connectivity index (χ4n) is 3.13. The highest BCUT2D eigenvalue weighted by molar-refractivity contribution is 7.91. The zero-order chi connectivity index (χ0) is 20.4. The van der Waals surface area contributed by atoms with Gasteiger partial charge in [0.05, 0.1) is 26.9 Å². The monoisotopic (exact) mass is 421 g/mol. The molecule has 4 rings (SSSR count). The van der Waals surface area contributed by atoms with Gasteiger partial charge in [-0.25, -0.2) is 13.4 Å². The lowest BCUT2D eigenvalue weighted by Gasteiger charge is -2.08. The number of nitrogens with zero attached hydrogens (tertiary/aromatic N) is 2. The summed E-state index contributed by atoms with van der Waals surface area (Å²) in [6.45, 7) is 0. The first-order chi connectivity index (χ1) is 14.0. The van der Waals surface area contributed by atoms with E-state index in [9.17, 15) is 13.7 Å². The van der Waals surface area contributed by atoms with Crippen LogP contribution in [0.25, 0.3) is 11.0 Å². The van der Waals surface area contributed by atoms with E-state index < -0.39 is 15.8 Å². The van der Waals surface area contributed by atoms with Crippen molar-refractivity contribution in [3.8, 4) is 6.07 Å². The molecule has 0 amide bonds. The number of nitrogens with one attached hydrogen (secondary N) is 1. The molecule has 0 aliphatic carbocycles. The number of imidazole rings is 1. The lowest BCUT2D eigenvalue weighted by atomic mass is 10.0. The third-order valence-electron chi connectivity index (χ3n) is 4.69. The third kappa shape index (κ3) is 3.88. The molecule has 0 saturated carbocycles. The van der Waals surface area contributed by atoms with Crippen molar-refractivity contribution in [1.29, 1.82) is 5.26 Å². The molecular weight excluding hydrogens is 406 g/mol. The quantitative estimate of drug-likeness (QED) is 0.496. The Kier molecular flexibility index (Phi) is 5.10. The van der Waals surface area contributed by atoms with E-state index in [0.717, 1.165) is 16.6 Å². The Bertz CT molecular complexity index is 1270. The number of benzene rings is 3. The predicted octanol–water partition coefficient (Wildman–Crippen LogP) is 4.90. The number of para-hydroxylation sites is 2. The Morgan fingerprint density at radius 2 is 1.59 bits per heavy atom. The largest absolute Gasteiger partial charge is 0.341 e. The summed E-state index contributed by atoms with van der Waals surface area (Å²) in [6.07, 6.45) is 0.428. The molecule has 1 heterocycles. The second kappa shape index (κ2) is 7.70. The van der Waals surface area contributed by atoms with Crippen molar-refractivity contribution in [3.63, 3.8) is 0 Å². The Labute approximate surface area is 173 Å². The van der Waals surface area contributed by atoms with Gasteiger partial charge in [0.25, 0.3) is 0 Å². The van der Waals surface area contributed by atoms with Gasteiger partial charge in [0.1, 0.15) is 11.7 Å². The number of sulfone groups is 1. The molecule has 5 nitrogen and oxygen atoms in total. The summed E-state index contributed by atoms with van der Waals surface area (Å²) in [5, 5.41) is 10.1. The van der Waals surface area contributed by atoms with E-state index in [1.807, 2.05) is 24.3 Å². The molecule has 0 saturated heterocycles. The van der Waals surface area contributed by atoms with Crippen LogP contribution in [0.15, 0.2) is 82.6 Å². The fourth-order valence-corrected chi connectivity index (χ4v) is 4.52. The molecule has 7 heteroatoms. The van der Waals surface area contributed by atoms with Gasteiger partial charge in [-0.1, -0.05) is 35.9 Å². The molecule has 0 aliphatic heterocycles. The van der Waals surface area contributed by atoms with E-state index in [0.29, 0.717) is 17.3 Å². The molecule has 3 aromatic carbocycles. The van der Waals surface area contributed by atoms with Crippen LogP contribution < -0.4 is 0 Å². The summed E-state index contributed by atoms with van der Waals surface area (Å²) in [7, 11) is -3.62. The lowest BCUT2D eigenvalue weighted by molar-refractivity contribution is 0.596. The SMILES string of the molecule is N#CC(Cc1ccc(S(=O)(=O)c2ccc(Cl)cc2)cc1)c1nc2ccccc2[nH]1. The standard InChI is InChI=1S/C22H16ClN3O2S/c23-17-7-11-19(12-8-17)29(27,28)18-9-5-15(6-10-18)13-16(14-24)22-25-20-3-1-2-4-21(20)26-22/h1-12,16H,13H2,(H,25,26). The van der Waals surface area contributed by atoms with Crippen molar-refractivity contribution in [1.82, 2.24) is 9.97 Å². The molecule has 0 radical (unpaired) electrons. The van der Waals surface area contributed by atoms with Gasteiger partial charge in [-0.05, 0) is 60.5 Å². The van der Waals surface area contributed by atoms with E-state index in [-0.39, 0.29) is 9.79 Å². The van der Waals surface area contributed by atoms with E-state index in [1.54, 1.807) is 36.4 Å². The minimum atomic E-state index is -3.62. The van der Waals surface area contributed by atoms with E-state index in [4.69, 9.17) is 11.6 Å². The van der Waals surface area contributed by atoms with E-state index >= 15 is 0 Å². The van der Waals surface area contributed by atoms with Crippen LogP contribution >= 0.6 is 11.6 Å². The summed E-state index contributed by atoms with van der Waals surface area (Å²) in [5.74, 6) is 0.146. The summed E-state index contributed by atoms with van der Waals surface area (Å²) in [4.78, 5) is 8.07. The van der Waals surface area contributed by atoms with Crippen molar-refractivity contribution in [2.75, 3.05) is 0 Å². The van der Waals surface area contributed by atoms with Crippen molar-refractivity contribution < 1.29 is 8.42 Å². The minimum absolute atomic E-state index is 0.187. The van der Waals surface area contributed by atoms with E-state index in [2.05, 4.69) is 16.0 Å². The Balaban J connectivity index is 1.57. The third-order valence-corrected chi connectivity index (χ3v) is 6.73. The lowest BCUT2D eigenvalue weighted by Crippen LogP contribution is -2.04. The van der Waals surface area contributed by atoms with Gasteiger partial charge in [0.2, 0.25) is 9.84 Å². The number of hydrogen-bond donors (Lipinski definition) is 1. The van der Waals surface area contributed by atoms with Crippen LogP contribution in [0, 0.1) is 11.3 Å². The Morgan fingerprint density at radius 1 is 0.966 bits per heavy atom. The normalized spacial score (nSPS) is 12.6. The summed E-state index contributed by atoms with van der Waals surface area (Å²) < 4.78 is 25.5. The van der Waals surface area contributed by atoms with Crippen LogP contribution in [0.5, 0.6) is 0 Å². The molecular formula is C22H16ClN3O2S. The second-order valence-electron chi connectivity index (χ2n) is 6.63. The van der Waals surface area contributed by atoms with Gasteiger partial charge in [-0.3, -0.25) is 0 Å². The predicted molar refractivity (Wildman–Crippen MR) is 111 cm³/mol. The summed E-state index contributed by atoms with van der Waals surface area (Å²) in [6, 6.07) is 22.5. The zero-order valence-corrected chi connectivity index (χ0v) is 16.8. The molecule has 1 unspecified atom stereocenters. The van der Waals surface area contributed by atoms with Gasteiger partial charge in [0, 0.05) is 5.02 Å². The molecule has 0 aliphatic rings. The maximum Gasteiger partial charge on any atom is 0.206 e. The first-order valence-electron chi connectivity index (χ1n) is 8.91. The van der Waals surface area contributed by atoms with Gasteiger partial charge >= 0.3 is 0 Å². The Hall–Kier alpha value is -3.14. The first kappa shape index (κ1) is 19.2. The second-order valence-corrected chi connectivity index (χ2v) is 9.01. The first-order valence-corrected chi connectivity index (χ1v) is 10.8. The van der Waals surface area contributed by atoms with Crippen molar-refractivity contribution >= 4 is 32.5 Å². The highest BCUT2D eigenvalue weighted by atomic mass is 35.5. The number of H-pyrrole nitrogens is 1. The van der Waals surface area contributed by atoms with Gasteiger partial charge < -0.3 is 4.98 Å². The molecule has 0 fully saturated rings. The Morgan fingerprint density at radius 3 is 2.21 bits per heavy atom. The smallest absolute Gasteiger partial charge is 0.206 e. The maximum atomic E-state index is 12.7. The van der Waals surface area contributed by atoms with Gasteiger partial charge in [0.15, 0.2) is 0 Å². The molecule has 29 heavy (non-hydrogen) atoms. The maximum absolute atomic E-state index is 12.7. The average Bonchev–Trinajstić information content (AvgIpc) is 3.16. The highest BCUT2D eigenvalue weighted by Gasteiger charge is 2.19. The molecule has 1 N–H and O–H groups in total. The highest BCUT2D eigenvalue weighted by Crippen LogP contribution is 2.25. The molecule has 4 aromatic rings. The zero-order valence-electron chi connectivity index (χ0n) is 15.2. The van der Waals surface area contributed by atoms with Crippen molar-refractivity contribution in [3.05, 3.63) is 89.2 Å². The number of halogens is 1. The summed E-state index contributed by atoms with van der Waals surface area (Å²) >= 11 is 5.84. The number of hydrogen-bond acceptors (Lipinski definition) is 4. The molecule has 144 valence electrons. The molecule has 1 aromatic heterocycles. The van der Waals surface area contributed by atoms with Crippen LogP contribution in [0.3, 0.4) is 0 Å². The number of fused-ring (bicyclic) bond motifs is 1. The number of nitriles is 1. The number of aromatic nitrogens is 2. The van der Waals surface area contributed by atoms with E-state index in [1.165, 1.54) is 12.1 Å². The van der Waals surface area contributed by atoms with Crippen LogP contribution in [-0.4, -0.2) is 18.4 Å². The van der Waals surface area contributed by atoms with Crippen LogP contribution in [-0.2, 0) is 16.3 Å². The molecule has 1 atom stereocenters. The topological polar surface area (TPSA) is 86.6 Å². The molecule has 0 bridgehead atoms. The number of aromatic amines is 1. The van der Waals surface area contributed by atoms with Gasteiger partial charge in [-0.15, -0.1) is 0 Å². The summed E-state index contributed by atoms with van der Waals surface area (Å²) in [5.41, 5.74) is 2.55. The van der Waals surface area contributed by atoms with Crippen LogP contribution in [0.1, 0.15) is 17.3 Å².